The van der Waals surface area contributed by atoms with E-state index in [1.165, 1.54) is 22.3 Å². The number of nitrogens with zero attached hydrogens (tertiary/aromatic N) is 3. The van der Waals surface area contributed by atoms with E-state index < -0.39 is 0 Å². The molecule has 0 aliphatic carbocycles. The molecule has 0 bridgehead atoms. The van der Waals surface area contributed by atoms with E-state index in [0.29, 0.717) is 11.4 Å². The van der Waals surface area contributed by atoms with Crippen molar-refractivity contribution in [2.75, 3.05) is 0 Å². The Hall–Kier alpha value is -6.26. The molecule has 2 aromatic heterocycles. The number of aromatic hydroxyl groups is 1. The SMILES string of the molecule is CCC(C)(C)c1ccc(-n2c(-c3cc(C(C)(C)C)cc(C)c3O)nc3c(-c4cc(-c5cc(-c6ccc(C)cc6)ccn5)cc(C(C)(C)C)c4)cccc32)c(-c2ccccc2)c1. The molecule has 0 saturated carbocycles. The Morgan fingerprint density at radius 3 is 1.90 bits per heavy atom. The molecule has 0 aliphatic rings. The van der Waals surface area contributed by atoms with Crippen LogP contribution < -0.4 is 0 Å². The number of benzene rings is 6. The van der Waals surface area contributed by atoms with E-state index in [-0.39, 0.29) is 22.0 Å². The number of imidazole rings is 1. The van der Waals surface area contributed by atoms with E-state index in [1.807, 2.05) is 13.1 Å². The third-order valence-corrected chi connectivity index (χ3v) is 12.6. The molecule has 4 heteroatoms. The normalized spacial score (nSPS) is 12.3. The molecular formula is C57H59N3O. The number of hydrogen-bond acceptors (Lipinski definition) is 3. The van der Waals surface area contributed by atoms with Gasteiger partial charge in [-0.3, -0.25) is 9.55 Å². The predicted octanol–water partition coefficient (Wildman–Crippen LogP) is 15.4. The first kappa shape index (κ1) is 41.5. The number of phenolic OH excluding ortho intramolecular Hbond substituents is 1. The molecule has 8 aromatic rings. The Morgan fingerprint density at radius 2 is 1.21 bits per heavy atom. The van der Waals surface area contributed by atoms with Crippen molar-refractivity contribution in [1.29, 1.82) is 0 Å². The standard InChI is InChI=1S/C57H59N3O/c1-12-57(10,11)43-25-26-50(47(34-43)39-17-14-13-15-18-39)60-51-20-16-19-46(52(51)59-54(60)48-35-44(55(4,5)6)29-37(3)53(48)61)41-30-42(32-45(31-41)56(7,8)9)49-33-40(27-28-58-49)38-23-21-36(2)22-24-38/h13-35,61H,12H2,1-11H3. The summed E-state index contributed by atoms with van der Waals surface area (Å²) in [7, 11) is 0. The van der Waals surface area contributed by atoms with Crippen LogP contribution in [-0.4, -0.2) is 19.6 Å². The van der Waals surface area contributed by atoms with Gasteiger partial charge in [0.05, 0.1) is 28.0 Å². The molecule has 0 aliphatic heterocycles. The Morgan fingerprint density at radius 1 is 0.541 bits per heavy atom. The molecule has 2 heterocycles. The van der Waals surface area contributed by atoms with E-state index in [0.717, 1.165) is 73.3 Å². The molecule has 6 aromatic carbocycles. The highest BCUT2D eigenvalue weighted by atomic mass is 16.3. The van der Waals surface area contributed by atoms with Crippen LogP contribution in [-0.2, 0) is 16.2 Å². The van der Waals surface area contributed by atoms with E-state index >= 15 is 0 Å². The summed E-state index contributed by atoms with van der Waals surface area (Å²) in [5.41, 5.74) is 17.6. The maximum Gasteiger partial charge on any atom is 0.149 e. The fourth-order valence-electron chi connectivity index (χ4n) is 8.22. The second-order valence-corrected chi connectivity index (χ2v) is 19.6. The minimum Gasteiger partial charge on any atom is -0.507 e. The van der Waals surface area contributed by atoms with Crippen LogP contribution in [0, 0.1) is 13.8 Å². The lowest BCUT2D eigenvalue weighted by Gasteiger charge is -2.26. The van der Waals surface area contributed by atoms with Gasteiger partial charge in [0.15, 0.2) is 0 Å². The second-order valence-electron chi connectivity index (χ2n) is 19.6. The van der Waals surface area contributed by atoms with Gasteiger partial charge in [0.25, 0.3) is 0 Å². The molecule has 0 radical (unpaired) electrons. The van der Waals surface area contributed by atoms with E-state index in [9.17, 15) is 5.11 Å². The lowest BCUT2D eigenvalue weighted by atomic mass is 9.81. The zero-order valence-corrected chi connectivity index (χ0v) is 37.8. The summed E-state index contributed by atoms with van der Waals surface area (Å²) in [6.45, 7) is 24.4. The molecular weight excluding hydrogens is 743 g/mol. The fraction of sp³-hybridized carbons (Fsp3) is 0.263. The van der Waals surface area contributed by atoms with Crippen LogP contribution in [0.3, 0.4) is 0 Å². The maximum absolute atomic E-state index is 12.0. The van der Waals surface area contributed by atoms with Crippen molar-refractivity contribution in [2.24, 2.45) is 0 Å². The van der Waals surface area contributed by atoms with Crippen LogP contribution in [0.5, 0.6) is 5.75 Å². The van der Waals surface area contributed by atoms with Crippen molar-refractivity contribution in [2.45, 2.75) is 98.8 Å². The molecule has 0 fully saturated rings. The smallest absolute Gasteiger partial charge is 0.149 e. The van der Waals surface area contributed by atoms with Gasteiger partial charge >= 0.3 is 0 Å². The minimum atomic E-state index is -0.146. The van der Waals surface area contributed by atoms with Gasteiger partial charge in [-0.25, -0.2) is 4.98 Å². The summed E-state index contributed by atoms with van der Waals surface area (Å²) in [5, 5.41) is 12.0. The van der Waals surface area contributed by atoms with Gasteiger partial charge in [0.1, 0.15) is 11.6 Å². The highest BCUT2D eigenvalue weighted by molar-refractivity contribution is 5.98. The molecule has 0 spiro atoms. The summed E-state index contributed by atoms with van der Waals surface area (Å²) in [5.74, 6) is 0.946. The Kier molecular flexibility index (Phi) is 10.6. The summed E-state index contributed by atoms with van der Waals surface area (Å²) >= 11 is 0. The molecule has 8 rings (SSSR count). The van der Waals surface area contributed by atoms with Gasteiger partial charge in [-0.15, -0.1) is 0 Å². The van der Waals surface area contributed by atoms with Crippen LogP contribution in [0.15, 0.2) is 140 Å². The third-order valence-electron chi connectivity index (χ3n) is 12.6. The number of phenols is 1. The largest absolute Gasteiger partial charge is 0.507 e. The first-order valence-corrected chi connectivity index (χ1v) is 21.7. The lowest BCUT2D eigenvalue weighted by Crippen LogP contribution is -2.16. The number of pyridine rings is 1. The van der Waals surface area contributed by atoms with Crippen molar-refractivity contribution in [1.82, 2.24) is 14.5 Å². The minimum absolute atomic E-state index is 0.0181. The quantitative estimate of drug-likeness (QED) is 0.166. The van der Waals surface area contributed by atoms with Crippen LogP contribution in [0.25, 0.3) is 72.7 Å². The van der Waals surface area contributed by atoms with Crippen LogP contribution >= 0.6 is 0 Å². The second kappa shape index (κ2) is 15.6. The number of aryl methyl sites for hydroxylation is 2. The molecule has 1 N–H and O–H groups in total. The summed E-state index contributed by atoms with van der Waals surface area (Å²) in [6.07, 6.45) is 2.93. The third kappa shape index (κ3) is 8.04. The summed E-state index contributed by atoms with van der Waals surface area (Å²) < 4.78 is 2.28. The topological polar surface area (TPSA) is 50.9 Å². The van der Waals surface area contributed by atoms with E-state index in [1.54, 1.807) is 0 Å². The molecule has 0 amide bonds. The number of fused-ring (bicyclic) bond motifs is 1. The van der Waals surface area contributed by atoms with Crippen LogP contribution in [0.4, 0.5) is 0 Å². The fourth-order valence-corrected chi connectivity index (χ4v) is 8.22. The average Bonchev–Trinajstić information content (AvgIpc) is 3.63. The summed E-state index contributed by atoms with van der Waals surface area (Å²) in [6, 6.07) is 48.1. The van der Waals surface area contributed by atoms with Gasteiger partial charge in [-0.2, -0.15) is 0 Å². The molecule has 308 valence electrons. The first-order valence-electron chi connectivity index (χ1n) is 21.7. The van der Waals surface area contributed by atoms with Crippen LogP contribution in [0.1, 0.15) is 96.6 Å². The van der Waals surface area contributed by atoms with Gasteiger partial charge in [0.2, 0.25) is 0 Å². The molecule has 0 unspecified atom stereocenters. The van der Waals surface area contributed by atoms with Crippen molar-refractivity contribution < 1.29 is 5.11 Å². The first-order chi connectivity index (χ1) is 28.9. The molecule has 61 heavy (non-hydrogen) atoms. The number of aromatic nitrogens is 3. The average molecular weight is 802 g/mol. The highest BCUT2D eigenvalue weighted by Gasteiger charge is 2.27. The zero-order valence-electron chi connectivity index (χ0n) is 37.8. The predicted molar refractivity (Wildman–Crippen MR) is 258 cm³/mol. The van der Waals surface area contributed by atoms with Gasteiger partial charge in [-0.05, 0) is 130 Å². The van der Waals surface area contributed by atoms with Crippen molar-refractivity contribution in [3.63, 3.8) is 0 Å². The van der Waals surface area contributed by atoms with Crippen molar-refractivity contribution >= 4 is 11.0 Å². The number of hydrogen-bond donors (Lipinski definition) is 1. The number of para-hydroxylation sites is 1. The Bertz CT molecular complexity index is 2900. The highest BCUT2D eigenvalue weighted by Crippen LogP contribution is 2.44. The van der Waals surface area contributed by atoms with Gasteiger partial charge in [-0.1, -0.05) is 153 Å². The monoisotopic (exact) mass is 801 g/mol. The van der Waals surface area contributed by atoms with Gasteiger partial charge in [0, 0.05) is 22.9 Å². The lowest BCUT2D eigenvalue weighted by molar-refractivity contribution is 0.471. The van der Waals surface area contributed by atoms with Gasteiger partial charge < -0.3 is 5.11 Å². The zero-order chi connectivity index (χ0) is 43.4. The van der Waals surface area contributed by atoms with E-state index in [2.05, 4.69) is 207 Å². The molecule has 0 saturated heterocycles. The summed E-state index contributed by atoms with van der Waals surface area (Å²) in [4.78, 5) is 10.6. The van der Waals surface area contributed by atoms with Crippen molar-refractivity contribution in [3.8, 4) is 67.5 Å². The molecule has 4 nitrogen and oxygen atoms in total. The Balaban J connectivity index is 1.43. The van der Waals surface area contributed by atoms with Crippen LogP contribution in [0.2, 0.25) is 0 Å². The molecule has 0 atom stereocenters. The van der Waals surface area contributed by atoms with Crippen molar-refractivity contribution in [3.05, 3.63) is 167 Å². The number of rotatable bonds is 8. The van der Waals surface area contributed by atoms with E-state index in [4.69, 9.17) is 9.97 Å². The maximum atomic E-state index is 12.0. The Labute approximate surface area is 363 Å².